The number of rotatable bonds is 19. The summed E-state index contributed by atoms with van der Waals surface area (Å²) >= 11 is 0. The molecule has 1 fully saturated rings. The molecule has 1 aromatic heterocycles. The normalized spacial score (nSPS) is 21.0. The number of nitro benzene ring substituents is 1. The van der Waals surface area contributed by atoms with Gasteiger partial charge in [0.1, 0.15) is 30.0 Å². The molecule has 4 rings (SSSR count). The van der Waals surface area contributed by atoms with Crippen molar-refractivity contribution in [1.29, 1.82) is 0 Å². The monoisotopic (exact) mass is 1070 g/mol. The van der Waals surface area contributed by atoms with Gasteiger partial charge in [0.2, 0.25) is 41.4 Å². The number of nitrogens with two attached hydrogens (primary N) is 6. The van der Waals surface area contributed by atoms with Crippen molar-refractivity contribution in [1.82, 2.24) is 36.9 Å². The summed E-state index contributed by atoms with van der Waals surface area (Å²) in [4.78, 5) is 147. The number of Topliss-reactive ketones (excluding diaryl/α,β-unsaturated/α-hetero) is 2. The first-order valence-corrected chi connectivity index (χ1v) is 25.3. The van der Waals surface area contributed by atoms with Gasteiger partial charge in [0, 0.05) is 86.9 Å². The van der Waals surface area contributed by atoms with Crippen LogP contribution in [0.5, 0.6) is 0 Å². The molecule has 2 heterocycles. The van der Waals surface area contributed by atoms with Crippen LogP contribution in [0, 0.1) is 22.0 Å². The van der Waals surface area contributed by atoms with Crippen LogP contribution in [0.2, 0.25) is 0 Å². The largest absolute Gasteiger partial charge is 0.370 e. The van der Waals surface area contributed by atoms with E-state index in [-0.39, 0.29) is 120 Å². The first kappa shape index (κ1) is 61.1. The van der Waals surface area contributed by atoms with Crippen LogP contribution in [0.25, 0.3) is 10.9 Å². The van der Waals surface area contributed by atoms with Crippen molar-refractivity contribution in [3.63, 3.8) is 0 Å². The van der Waals surface area contributed by atoms with E-state index in [9.17, 15) is 53.3 Å². The van der Waals surface area contributed by atoms with Crippen molar-refractivity contribution in [2.24, 2.45) is 56.2 Å². The molecule has 7 amide bonds. The van der Waals surface area contributed by atoms with E-state index < -0.39 is 113 Å². The van der Waals surface area contributed by atoms with Gasteiger partial charge in [0.15, 0.2) is 17.7 Å². The molecular formula is C50H72N16O11. The number of benzene rings is 2. The van der Waals surface area contributed by atoms with E-state index in [1.807, 2.05) is 24.3 Å². The predicted molar refractivity (Wildman–Crippen MR) is 285 cm³/mol. The molecule has 0 spiro atoms. The molecule has 1 saturated heterocycles. The lowest BCUT2D eigenvalue weighted by molar-refractivity contribution is -0.384. The molecule has 7 atom stereocenters. The second kappa shape index (κ2) is 30.8. The lowest BCUT2D eigenvalue weighted by Crippen LogP contribution is -2.58. The number of nitrogens with one attached hydrogen (secondary N) is 7. The highest BCUT2D eigenvalue weighted by molar-refractivity contribution is 5.98. The number of H-pyrrole nitrogens is 1. The van der Waals surface area contributed by atoms with Gasteiger partial charge in [-0.3, -0.25) is 63.2 Å². The number of guanidine groups is 2. The van der Waals surface area contributed by atoms with Crippen LogP contribution in [-0.2, 0) is 56.0 Å². The number of hydrogen-bond donors (Lipinski definition) is 13. The Kier molecular flexibility index (Phi) is 24.4. The number of nitro groups is 1. The molecule has 27 nitrogen and oxygen atoms in total. The molecule has 27 heteroatoms. The number of carbonyl (C=O) groups is 9. The minimum absolute atomic E-state index is 0.00623. The molecule has 77 heavy (non-hydrogen) atoms. The SMILES string of the molecule is CC(=O)N[C@@H](CCCN=C(N)N)C(=O)N[C@H]1CCC(=O)NCCC[C@@H](C(N)=O)NC(=O)[C@H](Cc2c[nH]c3ccccc23)CC(=O)[C@H](CCCN=C(N)N)CC(=O)[C@@H](Cc2cccc([N+](=O)[O-])c2)NC(=O)[C@H](CCN)NC1=O. The fourth-order valence-electron chi connectivity index (χ4n) is 8.83. The van der Waals surface area contributed by atoms with Crippen molar-refractivity contribution in [2.45, 2.75) is 121 Å². The standard InChI is InChI=1S/C50H72N16O11/c1-28(67)61-37(14-7-21-59-50(55)56)46(73)63-38-15-16-43(70)57-19-6-13-36(44(52)71)62-45(72)31(24-32-27-60-35-12-3-2-11-34(32)35)26-41(68)30(9-5-20-58-49(53)54)25-42(69)40(23-29-8-4-10-33(22-29)66(76)77)65-48(75)39(17-18-51)64-47(38)74/h2-4,8,10-12,22,27,30-31,36-40,60H,5-7,9,13-21,23-26,51H2,1H3,(H2,52,71)(H,57,70)(H,61,67)(H,62,72)(H,63,73)(H,64,74)(H,65,75)(H4,53,54,58)(H4,55,56,59)/t30-,31-,36+,37+,38+,39+,40-/m1/s1. The lowest BCUT2D eigenvalue weighted by Gasteiger charge is -2.27. The smallest absolute Gasteiger partial charge is 0.269 e. The summed E-state index contributed by atoms with van der Waals surface area (Å²) in [5, 5.41) is 28.3. The topological polar surface area (TPSA) is 466 Å². The molecule has 0 unspecified atom stereocenters. The molecule has 0 aliphatic carbocycles. The number of carbonyl (C=O) groups excluding carboxylic acids is 9. The maximum Gasteiger partial charge on any atom is 0.269 e. The quantitative estimate of drug-likeness (QED) is 0.0205. The number of fused-ring (bicyclic) bond motifs is 1. The second-order valence-electron chi connectivity index (χ2n) is 18.8. The van der Waals surface area contributed by atoms with Crippen molar-refractivity contribution < 1.29 is 48.1 Å². The van der Waals surface area contributed by atoms with Gasteiger partial charge in [0.25, 0.3) is 5.69 Å². The zero-order chi connectivity index (χ0) is 56.6. The maximum absolute atomic E-state index is 14.8. The number of primary amides is 1. The molecule has 19 N–H and O–H groups in total. The fourth-order valence-corrected chi connectivity index (χ4v) is 8.83. The summed E-state index contributed by atoms with van der Waals surface area (Å²) in [7, 11) is 0. The summed E-state index contributed by atoms with van der Waals surface area (Å²) in [5.74, 6) is -9.33. The van der Waals surface area contributed by atoms with E-state index in [2.05, 4.69) is 46.9 Å². The first-order chi connectivity index (χ1) is 36.6. The third-order valence-electron chi connectivity index (χ3n) is 12.8. The number of amides is 7. The highest BCUT2D eigenvalue weighted by Crippen LogP contribution is 2.26. The van der Waals surface area contributed by atoms with Gasteiger partial charge in [0.05, 0.1) is 11.0 Å². The van der Waals surface area contributed by atoms with Gasteiger partial charge >= 0.3 is 0 Å². The van der Waals surface area contributed by atoms with Crippen molar-refractivity contribution in [2.75, 3.05) is 26.2 Å². The Hall–Kier alpha value is -8.49. The van der Waals surface area contributed by atoms with Crippen molar-refractivity contribution in [3.8, 4) is 0 Å². The Morgan fingerprint density at radius 3 is 2.16 bits per heavy atom. The third kappa shape index (κ3) is 20.6. The zero-order valence-electron chi connectivity index (χ0n) is 43.1. The van der Waals surface area contributed by atoms with Crippen LogP contribution in [0.3, 0.4) is 0 Å². The third-order valence-corrected chi connectivity index (χ3v) is 12.8. The van der Waals surface area contributed by atoms with Gasteiger partial charge in [-0.15, -0.1) is 0 Å². The van der Waals surface area contributed by atoms with E-state index in [1.54, 1.807) is 6.20 Å². The van der Waals surface area contributed by atoms with E-state index in [0.717, 1.165) is 10.9 Å². The summed E-state index contributed by atoms with van der Waals surface area (Å²) in [5.41, 5.74) is 35.1. The molecule has 2 aromatic carbocycles. The minimum Gasteiger partial charge on any atom is -0.370 e. The van der Waals surface area contributed by atoms with Gasteiger partial charge < -0.3 is 71.3 Å². The molecule has 0 radical (unpaired) electrons. The Morgan fingerprint density at radius 1 is 0.792 bits per heavy atom. The van der Waals surface area contributed by atoms with Crippen LogP contribution in [0.1, 0.15) is 88.7 Å². The number of ketones is 2. The number of aromatic amines is 1. The average Bonchev–Trinajstić information content (AvgIpc) is 3.79. The van der Waals surface area contributed by atoms with E-state index in [1.165, 1.54) is 31.2 Å². The van der Waals surface area contributed by atoms with Crippen LogP contribution in [0.4, 0.5) is 5.69 Å². The van der Waals surface area contributed by atoms with Crippen LogP contribution < -0.4 is 66.3 Å². The van der Waals surface area contributed by atoms with E-state index in [4.69, 9.17) is 34.4 Å². The molecule has 3 aromatic rings. The minimum atomic E-state index is -1.52. The number of hydrogen-bond acceptors (Lipinski definition) is 14. The van der Waals surface area contributed by atoms with Crippen LogP contribution in [-0.4, -0.2) is 131 Å². The number of aliphatic imine (C=N–C) groups is 2. The summed E-state index contributed by atoms with van der Waals surface area (Å²) in [6.45, 7) is 1.14. The molecular weight excluding hydrogens is 1000 g/mol. The molecule has 1 aliphatic heterocycles. The lowest BCUT2D eigenvalue weighted by atomic mass is 9.83. The fraction of sp³-hybridized carbons (Fsp3) is 0.500. The van der Waals surface area contributed by atoms with Gasteiger partial charge in [-0.05, 0) is 87.9 Å². The number of para-hydroxylation sites is 1. The number of aromatic nitrogens is 1. The van der Waals surface area contributed by atoms with Crippen molar-refractivity contribution in [3.05, 3.63) is 76.0 Å². The highest BCUT2D eigenvalue weighted by Gasteiger charge is 2.35. The molecule has 0 bridgehead atoms. The van der Waals surface area contributed by atoms with Crippen LogP contribution >= 0.6 is 0 Å². The Balaban J connectivity index is 1.80. The average molecular weight is 1070 g/mol. The highest BCUT2D eigenvalue weighted by atomic mass is 16.6. The first-order valence-electron chi connectivity index (χ1n) is 25.3. The number of non-ortho nitro benzene ring substituents is 1. The second-order valence-corrected chi connectivity index (χ2v) is 18.8. The van der Waals surface area contributed by atoms with E-state index in [0.29, 0.717) is 5.56 Å². The maximum atomic E-state index is 14.8. The molecule has 418 valence electrons. The summed E-state index contributed by atoms with van der Waals surface area (Å²) in [6, 6.07) is 5.70. The van der Waals surface area contributed by atoms with Crippen LogP contribution in [0.15, 0.2) is 64.7 Å². The van der Waals surface area contributed by atoms with Gasteiger partial charge in [-0.1, -0.05) is 30.3 Å². The van der Waals surface area contributed by atoms with Gasteiger partial charge in [-0.2, -0.15) is 0 Å². The Morgan fingerprint density at radius 2 is 1.48 bits per heavy atom. The molecule has 1 aliphatic rings. The predicted octanol–water partition coefficient (Wildman–Crippen LogP) is -1.91. The number of nitrogens with zero attached hydrogens (tertiary/aromatic N) is 3. The van der Waals surface area contributed by atoms with Crippen molar-refractivity contribution >= 4 is 81.4 Å². The Bertz CT molecular complexity index is 2650. The van der Waals surface area contributed by atoms with Gasteiger partial charge in [-0.25, -0.2) is 0 Å². The summed E-state index contributed by atoms with van der Waals surface area (Å²) < 4.78 is 0. The Labute approximate surface area is 444 Å². The summed E-state index contributed by atoms with van der Waals surface area (Å²) in [6.07, 6.45) is 0.0554. The van der Waals surface area contributed by atoms with E-state index >= 15 is 0 Å². The zero-order valence-corrected chi connectivity index (χ0v) is 43.1. The molecule has 0 saturated carbocycles.